The second-order valence-corrected chi connectivity index (χ2v) is 6.78. The van der Waals surface area contributed by atoms with Gasteiger partial charge in [-0.15, -0.1) is 0 Å². The van der Waals surface area contributed by atoms with Crippen molar-refractivity contribution in [2.75, 3.05) is 18.9 Å². The molecule has 0 aromatic heterocycles. The van der Waals surface area contributed by atoms with Crippen LogP contribution in [0.5, 0.6) is 0 Å². The van der Waals surface area contributed by atoms with Crippen LogP contribution in [-0.2, 0) is 6.54 Å². The minimum absolute atomic E-state index is 0.547. The third-order valence-electron chi connectivity index (χ3n) is 5.71. The summed E-state index contributed by atoms with van der Waals surface area (Å²) in [5.41, 5.74) is 7.60. The Morgan fingerprint density at radius 2 is 1.90 bits per heavy atom. The number of likely N-dealkylation sites (N-methyl/N-ethyl adjacent to an activating group) is 1. The van der Waals surface area contributed by atoms with E-state index in [2.05, 4.69) is 59.7 Å². The van der Waals surface area contributed by atoms with Crippen LogP contribution in [0, 0.1) is 0 Å². The lowest BCUT2D eigenvalue weighted by atomic mass is 9.68. The molecule has 2 aliphatic heterocycles. The van der Waals surface area contributed by atoms with Gasteiger partial charge in [0.05, 0.1) is 0 Å². The molecule has 2 heteroatoms. The summed E-state index contributed by atoms with van der Waals surface area (Å²) in [6.07, 6.45) is 1.28. The molecule has 21 heavy (non-hydrogen) atoms. The minimum Gasteiger partial charge on any atom is -0.384 e. The van der Waals surface area contributed by atoms with Gasteiger partial charge >= 0.3 is 0 Å². The number of hydrogen-bond acceptors (Lipinski definition) is 2. The van der Waals surface area contributed by atoms with E-state index in [-0.39, 0.29) is 0 Å². The summed E-state index contributed by atoms with van der Waals surface area (Å²) in [6, 6.07) is 16.5. The summed E-state index contributed by atoms with van der Waals surface area (Å²) in [6.45, 7) is 2.21. The summed E-state index contributed by atoms with van der Waals surface area (Å²) < 4.78 is 0. The van der Waals surface area contributed by atoms with Crippen LogP contribution in [0.15, 0.2) is 42.5 Å². The third kappa shape index (κ3) is 1.51. The van der Waals surface area contributed by atoms with Crippen LogP contribution in [0.25, 0.3) is 0 Å². The van der Waals surface area contributed by atoms with Crippen molar-refractivity contribution in [1.82, 2.24) is 4.90 Å². The average molecular weight is 276 g/mol. The summed E-state index contributed by atoms with van der Waals surface area (Å²) in [4.78, 5) is 2.57. The van der Waals surface area contributed by atoms with Gasteiger partial charge in [0.25, 0.3) is 0 Å². The van der Waals surface area contributed by atoms with Crippen molar-refractivity contribution < 1.29 is 0 Å². The van der Waals surface area contributed by atoms with Crippen molar-refractivity contribution in [2.45, 2.75) is 30.8 Å². The SMILES string of the molecule is CN1Cc2ccccc2[C@H]2c3cccc4c3C(CN4)C[C@H]21. The molecule has 0 radical (unpaired) electrons. The molecule has 2 heterocycles. The van der Waals surface area contributed by atoms with Gasteiger partial charge < -0.3 is 5.32 Å². The Labute approximate surface area is 125 Å². The molecule has 0 spiro atoms. The van der Waals surface area contributed by atoms with Crippen molar-refractivity contribution >= 4 is 5.69 Å². The summed E-state index contributed by atoms with van der Waals surface area (Å²) >= 11 is 0. The van der Waals surface area contributed by atoms with E-state index in [9.17, 15) is 0 Å². The number of anilines is 1. The van der Waals surface area contributed by atoms with Crippen LogP contribution in [0.4, 0.5) is 5.69 Å². The fourth-order valence-electron chi connectivity index (χ4n) is 4.81. The van der Waals surface area contributed by atoms with E-state index in [1.807, 2.05) is 0 Å². The van der Waals surface area contributed by atoms with Crippen molar-refractivity contribution in [3.05, 3.63) is 64.7 Å². The maximum absolute atomic E-state index is 3.61. The predicted molar refractivity (Wildman–Crippen MR) is 85.8 cm³/mol. The van der Waals surface area contributed by atoms with E-state index in [1.165, 1.54) is 17.7 Å². The maximum Gasteiger partial charge on any atom is 0.0379 e. The minimum atomic E-state index is 0.547. The fourth-order valence-corrected chi connectivity index (χ4v) is 4.81. The molecule has 3 atom stereocenters. The van der Waals surface area contributed by atoms with Gasteiger partial charge in [0.1, 0.15) is 0 Å². The molecule has 0 saturated heterocycles. The number of benzene rings is 2. The van der Waals surface area contributed by atoms with E-state index in [4.69, 9.17) is 0 Å². The quantitative estimate of drug-likeness (QED) is 0.791. The number of nitrogens with zero attached hydrogens (tertiary/aromatic N) is 1. The predicted octanol–water partition coefficient (Wildman–Crippen LogP) is 3.55. The fraction of sp³-hybridized carbons (Fsp3) is 0.368. The highest BCUT2D eigenvalue weighted by Crippen LogP contribution is 2.51. The Balaban J connectivity index is 1.77. The summed E-state index contributed by atoms with van der Waals surface area (Å²) in [7, 11) is 2.30. The van der Waals surface area contributed by atoms with Gasteiger partial charge in [-0.05, 0) is 41.8 Å². The first-order valence-corrected chi connectivity index (χ1v) is 7.97. The van der Waals surface area contributed by atoms with Crippen LogP contribution in [0.3, 0.4) is 0 Å². The van der Waals surface area contributed by atoms with Crippen LogP contribution in [0.1, 0.15) is 40.5 Å². The van der Waals surface area contributed by atoms with Gasteiger partial charge in [-0.25, -0.2) is 0 Å². The summed E-state index contributed by atoms with van der Waals surface area (Å²) in [5, 5.41) is 3.61. The Hall–Kier alpha value is -1.80. The smallest absolute Gasteiger partial charge is 0.0379 e. The molecular weight excluding hydrogens is 256 g/mol. The second-order valence-electron chi connectivity index (χ2n) is 6.78. The Morgan fingerprint density at radius 1 is 1.05 bits per heavy atom. The van der Waals surface area contributed by atoms with Crippen LogP contribution in [0.2, 0.25) is 0 Å². The van der Waals surface area contributed by atoms with E-state index in [1.54, 1.807) is 16.7 Å². The van der Waals surface area contributed by atoms with Gasteiger partial charge in [-0.2, -0.15) is 0 Å². The molecule has 1 aliphatic carbocycles. The molecule has 3 aliphatic rings. The molecular formula is C19H20N2. The third-order valence-corrected chi connectivity index (χ3v) is 5.71. The van der Waals surface area contributed by atoms with E-state index >= 15 is 0 Å². The number of nitrogens with one attached hydrogen (secondary N) is 1. The van der Waals surface area contributed by atoms with Crippen molar-refractivity contribution in [3.8, 4) is 0 Å². The lowest BCUT2D eigenvalue weighted by molar-refractivity contribution is 0.170. The largest absolute Gasteiger partial charge is 0.384 e. The van der Waals surface area contributed by atoms with Crippen molar-refractivity contribution in [1.29, 1.82) is 0 Å². The molecule has 106 valence electrons. The van der Waals surface area contributed by atoms with Gasteiger partial charge in [-0.1, -0.05) is 36.4 Å². The number of rotatable bonds is 0. The lowest BCUT2D eigenvalue weighted by Gasteiger charge is -2.45. The molecule has 2 aromatic rings. The molecule has 2 aromatic carbocycles. The molecule has 1 unspecified atom stereocenters. The topological polar surface area (TPSA) is 15.3 Å². The van der Waals surface area contributed by atoms with E-state index in [0.29, 0.717) is 17.9 Å². The Morgan fingerprint density at radius 3 is 2.86 bits per heavy atom. The van der Waals surface area contributed by atoms with Crippen LogP contribution < -0.4 is 5.32 Å². The molecule has 0 fully saturated rings. The molecule has 0 saturated carbocycles. The maximum atomic E-state index is 3.61. The first-order valence-electron chi connectivity index (χ1n) is 7.97. The zero-order valence-corrected chi connectivity index (χ0v) is 12.3. The molecule has 2 nitrogen and oxygen atoms in total. The van der Waals surface area contributed by atoms with Gasteiger partial charge in [0.15, 0.2) is 0 Å². The standard InChI is InChI=1S/C19H20N2/c1-21-11-12-5-2-3-6-14(12)19-15-7-4-8-16-18(15)13(10-20-16)9-17(19)21/h2-8,13,17,19-20H,9-11H2,1H3/t13?,17-,19+/m1/s1. The molecule has 0 bridgehead atoms. The number of hydrogen-bond donors (Lipinski definition) is 1. The normalized spacial score (nSPS) is 29.3. The number of fused-ring (bicyclic) bond motifs is 4. The summed E-state index contributed by atoms with van der Waals surface area (Å²) in [5.74, 6) is 1.25. The zero-order valence-electron chi connectivity index (χ0n) is 12.3. The second kappa shape index (κ2) is 4.11. The van der Waals surface area contributed by atoms with Crippen molar-refractivity contribution in [3.63, 3.8) is 0 Å². The monoisotopic (exact) mass is 276 g/mol. The first-order chi connectivity index (χ1) is 10.3. The zero-order chi connectivity index (χ0) is 14.0. The molecule has 1 N–H and O–H groups in total. The van der Waals surface area contributed by atoms with Crippen molar-refractivity contribution in [2.24, 2.45) is 0 Å². The van der Waals surface area contributed by atoms with Gasteiger partial charge in [0.2, 0.25) is 0 Å². The van der Waals surface area contributed by atoms with E-state index < -0.39 is 0 Å². The highest BCUT2D eigenvalue weighted by atomic mass is 15.1. The molecule has 0 amide bonds. The first kappa shape index (κ1) is 11.8. The van der Waals surface area contributed by atoms with E-state index in [0.717, 1.165) is 13.1 Å². The van der Waals surface area contributed by atoms with Gasteiger partial charge in [-0.3, -0.25) is 4.90 Å². The molecule has 5 rings (SSSR count). The van der Waals surface area contributed by atoms with Crippen LogP contribution >= 0.6 is 0 Å². The van der Waals surface area contributed by atoms with Crippen LogP contribution in [-0.4, -0.2) is 24.5 Å². The lowest BCUT2D eigenvalue weighted by Crippen LogP contribution is -2.44. The average Bonchev–Trinajstić information content (AvgIpc) is 2.93. The Kier molecular flexibility index (Phi) is 2.31. The highest BCUT2D eigenvalue weighted by Gasteiger charge is 2.43. The van der Waals surface area contributed by atoms with Gasteiger partial charge in [0, 0.05) is 36.7 Å². The Bertz CT molecular complexity index is 721. The highest BCUT2D eigenvalue weighted by molar-refractivity contribution is 5.65.